The Bertz CT molecular complexity index is 2880. The van der Waals surface area contributed by atoms with Crippen LogP contribution in [0.2, 0.25) is 0 Å². The number of hydrogen-bond acceptors (Lipinski definition) is 2. The largest absolute Gasteiger partial charge is 0.456 e. The van der Waals surface area contributed by atoms with E-state index in [4.69, 9.17) is 4.42 Å². The van der Waals surface area contributed by atoms with Gasteiger partial charge in [0.25, 0.3) is 0 Å². The quantitative estimate of drug-likeness (QED) is 0.166. The third-order valence-electron chi connectivity index (χ3n) is 10.5. The van der Waals surface area contributed by atoms with Crippen LogP contribution in [0, 0.1) is 0 Å². The molecular formula is C52H35NO. The summed E-state index contributed by atoms with van der Waals surface area (Å²) >= 11 is 0. The van der Waals surface area contributed by atoms with Gasteiger partial charge in [0.05, 0.1) is 0 Å². The minimum absolute atomic E-state index is 0.898. The Morgan fingerprint density at radius 1 is 0.278 bits per heavy atom. The average Bonchev–Trinajstić information content (AvgIpc) is 3.64. The predicted octanol–water partition coefficient (Wildman–Crippen LogP) is 14.9. The third kappa shape index (κ3) is 5.71. The smallest absolute Gasteiger partial charge is 0.136 e. The Morgan fingerprint density at radius 3 is 1.33 bits per heavy atom. The lowest BCUT2D eigenvalue weighted by atomic mass is 9.91. The van der Waals surface area contributed by atoms with E-state index in [1.54, 1.807) is 0 Å². The zero-order valence-electron chi connectivity index (χ0n) is 29.6. The fourth-order valence-corrected chi connectivity index (χ4v) is 7.79. The number of fused-ring (bicyclic) bond motifs is 5. The highest BCUT2D eigenvalue weighted by molar-refractivity contribution is 6.22. The SMILES string of the molecule is c1ccc(-c2ccc(-c3cc4oc5ccccc5c4c4cc(-c5ccc(N(c6ccccc6)c6ccc(-c7ccccc7)cc6)cc5)ccc34)cc2)cc1. The number of nitrogens with zero attached hydrogens (tertiary/aromatic N) is 1. The van der Waals surface area contributed by atoms with E-state index in [2.05, 4.69) is 211 Å². The lowest BCUT2D eigenvalue weighted by Crippen LogP contribution is -2.09. The molecule has 2 heteroatoms. The van der Waals surface area contributed by atoms with Crippen LogP contribution in [0.1, 0.15) is 0 Å². The molecule has 0 radical (unpaired) electrons. The Morgan fingerprint density at radius 2 is 0.722 bits per heavy atom. The lowest BCUT2D eigenvalue weighted by molar-refractivity contribution is 0.669. The van der Waals surface area contributed by atoms with Crippen molar-refractivity contribution in [2.75, 3.05) is 4.90 Å². The second-order valence-corrected chi connectivity index (χ2v) is 13.7. The Hall–Kier alpha value is -7.16. The lowest BCUT2D eigenvalue weighted by Gasteiger charge is -2.26. The van der Waals surface area contributed by atoms with Crippen molar-refractivity contribution in [3.63, 3.8) is 0 Å². The van der Waals surface area contributed by atoms with Gasteiger partial charge in [-0.05, 0) is 110 Å². The summed E-state index contributed by atoms with van der Waals surface area (Å²) in [7, 11) is 0. The number of furan rings is 1. The fraction of sp³-hybridized carbons (Fsp3) is 0. The Kier molecular flexibility index (Phi) is 7.85. The number of hydrogen-bond donors (Lipinski definition) is 0. The van der Waals surface area contributed by atoms with Gasteiger partial charge in [0, 0.05) is 27.8 Å². The van der Waals surface area contributed by atoms with Crippen LogP contribution in [-0.4, -0.2) is 0 Å². The fourth-order valence-electron chi connectivity index (χ4n) is 7.79. The van der Waals surface area contributed by atoms with Crippen LogP contribution in [0.15, 0.2) is 217 Å². The second kappa shape index (κ2) is 13.4. The predicted molar refractivity (Wildman–Crippen MR) is 228 cm³/mol. The zero-order chi connectivity index (χ0) is 35.8. The molecule has 0 aliphatic heterocycles. The van der Waals surface area contributed by atoms with Gasteiger partial charge in [0.15, 0.2) is 0 Å². The van der Waals surface area contributed by atoms with Gasteiger partial charge in [-0.15, -0.1) is 0 Å². The van der Waals surface area contributed by atoms with E-state index in [9.17, 15) is 0 Å². The van der Waals surface area contributed by atoms with Crippen LogP contribution >= 0.6 is 0 Å². The van der Waals surface area contributed by atoms with Crippen molar-refractivity contribution in [3.05, 3.63) is 212 Å². The highest BCUT2D eigenvalue weighted by Crippen LogP contribution is 2.43. The molecule has 0 atom stereocenters. The van der Waals surface area contributed by atoms with Crippen molar-refractivity contribution in [1.29, 1.82) is 0 Å². The Labute approximate surface area is 314 Å². The van der Waals surface area contributed by atoms with E-state index in [-0.39, 0.29) is 0 Å². The van der Waals surface area contributed by atoms with Gasteiger partial charge in [-0.25, -0.2) is 0 Å². The second-order valence-electron chi connectivity index (χ2n) is 13.7. The topological polar surface area (TPSA) is 16.4 Å². The first-order valence-electron chi connectivity index (χ1n) is 18.4. The van der Waals surface area contributed by atoms with E-state index < -0.39 is 0 Å². The van der Waals surface area contributed by atoms with Crippen molar-refractivity contribution < 1.29 is 4.42 Å². The van der Waals surface area contributed by atoms with Crippen LogP contribution in [0.5, 0.6) is 0 Å². The first-order valence-corrected chi connectivity index (χ1v) is 18.4. The molecule has 0 bridgehead atoms. The van der Waals surface area contributed by atoms with Gasteiger partial charge in [-0.1, -0.05) is 158 Å². The van der Waals surface area contributed by atoms with Gasteiger partial charge in [0.2, 0.25) is 0 Å². The maximum Gasteiger partial charge on any atom is 0.136 e. The van der Waals surface area contributed by atoms with Crippen molar-refractivity contribution in [2.24, 2.45) is 0 Å². The van der Waals surface area contributed by atoms with Crippen molar-refractivity contribution in [2.45, 2.75) is 0 Å². The molecule has 0 amide bonds. The van der Waals surface area contributed by atoms with Gasteiger partial charge < -0.3 is 9.32 Å². The van der Waals surface area contributed by atoms with Gasteiger partial charge >= 0.3 is 0 Å². The number of anilines is 3. The summed E-state index contributed by atoms with van der Waals surface area (Å²) in [6, 6.07) is 75.7. The van der Waals surface area contributed by atoms with Crippen LogP contribution in [0.3, 0.4) is 0 Å². The molecule has 0 saturated carbocycles. The number of rotatable bonds is 7. The van der Waals surface area contributed by atoms with E-state index >= 15 is 0 Å². The summed E-state index contributed by atoms with van der Waals surface area (Å²) in [6.45, 7) is 0. The maximum absolute atomic E-state index is 6.51. The number of para-hydroxylation sites is 2. The molecule has 1 aromatic heterocycles. The Balaban J connectivity index is 1.06. The molecule has 0 saturated heterocycles. The minimum Gasteiger partial charge on any atom is -0.456 e. The number of benzene rings is 9. The van der Waals surface area contributed by atoms with E-state index in [0.717, 1.165) is 61.3 Å². The van der Waals surface area contributed by atoms with Crippen LogP contribution < -0.4 is 4.90 Å². The van der Waals surface area contributed by atoms with E-state index in [0.29, 0.717) is 0 Å². The van der Waals surface area contributed by atoms with Crippen molar-refractivity contribution in [3.8, 4) is 44.5 Å². The van der Waals surface area contributed by atoms with E-state index in [1.165, 1.54) is 33.0 Å². The summed E-state index contributed by atoms with van der Waals surface area (Å²) < 4.78 is 6.51. The minimum atomic E-state index is 0.898. The maximum atomic E-state index is 6.51. The third-order valence-corrected chi connectivity index (χ3v) is 10.5. The normalized spacial score (nSPS) is 11.3. The molecule has 9 aromatic carbocycles. The molecule has 1 heterocycles. The van der Waals surface area contributed by atoms with Crippen LogP contribution in [0.4, 0.5) is 17.1 Å². The van der Waals surface area contributed by atoms with Crippen molar-refractivity contribution in [1.82, 2.24) is 0 Å². The summed E-state index contributed by atoms with van der Waals surface area (Å²) in [5, 5.41) is 4.67. The summed E-state index contributed by atoms with van der Waals surface area (Å²) in [5.74, 6) is 0. The highest BCUT2D eigenvalue weighted by atomic mass is 16.3. The molecule has 254 valence electrons. The molecule has 0 N–H and O–H groups in total. The molecule has 0 fully saturated rings. The molecular weight excluding hydrogens is 655 g/mol. The standard InChI is InChI=1S/C52H35NO/c1-4-12-36(13-5-1)38-20-22-41(23-21-38)48-35-51-52(47-18-10-11-19-50(47)54-51)49-34-42(28-33-46(48)49)40-26-31-45(32-27-40)53(43-16-8-3-9-17-43)44-29-24-39(25-30-44)37-14-6-2-7-15-37/h1-35H. The molecule has 0 aliphatic rings. The zero-order valence-corrected chi connectivity index (χ0v) is 29.6. The van der Waals surface area contributed by atoms with Gasteiger partial charge in [-0.2, -0.15) is 0 Å². The highest BCUT2D eigenvalue weighted by Gasteiger charge is 2.17. The van der Waals surface area contributed by atoms with Crippen LogP contribution in [-0.2, 0) is 0 Å². The molecule has 10 aromatic rings. The summed E-state index contributed by atoms with van der Waals surface area (Å²) in [5.41, 5.74) is 14.6. The monoisotopic (exact) mass is 689 g/mol. The average molecular weight is 690 g/mol. The van der Waals surface area contributed by atoms with Gasteiger partial charge in [-0.3, -0.25) is 0 Å². The molecule has 10 rings (SSSR count). The van der Waals surface area contributed by atoms with Crippen LogP contribution in [0.25, 0.3) is 77.2 Å². The molecule has 54 heavy (non-hydrogen) atoms. The van der Waals surface area contributed by atoms with Crippen molar-refractivity contribution >= 4 is 49.8 Å². The summed E-state index contributed by atoms with van der Waals surface area (Å²) in [6.07, 6.45) is 0. The molecule has 0 aliphatic carbocycles. The molecule has 2 nitrogen and oxygen atoms in total. The first-order chi connectivity index (χ1) is 26.8. The first kappa shape index (κ1) is 31.6. The van der Waals surface area contributed by atoms with E-state index in [1.807, 2.05) is 6.07 Å². The molecule has 0 unspecified atom stereocenters. The molecule has 0 spiro atoms. The summed E-state index contributed by atoms with van der Waals surface area (Å²) in [4.78, 5) is 2.31. The van der Waals surface area contributed by atoms with Gasteiger partial charge in [0.1, 0.15) is 11.2 Å².